The minimum Gasteiger partial charge on any atom is -0.356 e. The first-order chi connectivity index (χ1) is 10.3. The van der Waals surface area contributed by atoms with Crippen LogP contribution >= 0.6 is 0 Å². The lowest BCUT2D eigenvalue weighted by atomic mass is 9.93. The Kier molecular flexibility index (Phi) is 7.32. The molecule has 2 N–H and O–H groups in total. The molecule has 0 amide bonds. The molecule has 0 aliphatic heterocycles. The Hall–Kier alpha value is -1.62. The van der Waals surface area contributed by atoms with Crippen molar-refractivity contribution in [3.8, 4) is 0 Å². The number of rotatable bonds is 7. The van der Waals surface area contributed by atoms with E-state index in [1.165, 1.54) is 6.07 Å². The minimum atomic E-state index is -0.153. The molecule has 0 spiro atoms. The SMILES string of the molecule is CN=C(NCCc1ccccc1F)NCC(C)(C)CN(C)C. The van der Waals surface area contributed by atoms with Crippen LogP contribution in [0.1, 0.15) is 19.4 Å². The van der Waals surface area contributed by atoms with Crippen LogP contribution < -0.4 is 10.6 Å². The smallest absolute Gasteiger partial charge is 0.191 e. The van der Waals surface area contributed by atoms with Gasteiger partial charge in [-0.25, -0.2) is 4.39 Å². The third-order valence-electron chi connectivity index (χ3n) is 3.35. The Bertz CT molecular complexity index is 483. The van der Waals surface area contributed by atoms with Gasteiger partial charge in [-0.3, -0.25) is 4.99 Å². The van der Waals surface area contributed by atoms with Gasteiger partial charge >= 0.3 is 0 Å². The molecule has 4 nitrogen and oxygen atoms in total. The van der Waals surface area contributed by atoms with Crippen LogP contribution in [0.25, 0.3) is 0 Å². The third kappa shape index (κ3) is 6.89. The van der Waals surface area contributed by atoms with Gasteiger partial charge in [-0.2, -0.15) is 0 Å². The summed E-state index contributed by atoms with van der Waals surface area (Å²) in [7, 11) is 5.89. The monoisotopic (exact) mass is 308 g/mol. The molecule has 124 valence electrons. The van der Waals surface area contributed by atoms with Gasteiger partial charge in [0.25, 0.3) is 0 Å². The van der Waals surface area contributed by atoms with Crippen LogP contribution in [0.4, 0.5) is 4.39 Å². The summed E-state index contributed by atoms with van der Waals surface area (Å²) in [4.78, 5) is 6.39. The van der Waals surface area contributed by atoms with Crippen LogP contribution in [0, 0.1) is 11.2 Å². The first kappa shape index (κ1) is 18.4. The molecule has 5 heteroatoms. The molecule has 0 atom stereocenters. The van der Waals surface area contributed by atoms with E-state index in [0.717, 1.165) is 24.6 Å². The van der Waals surface area contributed by atoms with E-state index >= 15 is 0 Å². The van der Waals surface area contributed by atoms with Gasteiger partial charge < -0.3 is 15.5 Å². The summed E-state index contributed by atoms with van der Waals surface area (Å²) < 4.78 is 13.5. The van der Waals surface area contributed by atoms with Crippen LogP contribution in [-0.2, 0) is 6.42 Å². The van der Waals surface area contributed by atoms with E-state index in [2.05, 4.69) is 48.5 Å². The molecule has 0 aliphatic carbocycles. The second kappa shape index (κ2) is 8.73. The Balaban J connectivity index is 2.39. The van der Waals surface area contributed by atoms with Gasteiger partial charge in [0.1, 0.15) is 5.82 Å². The van der Waals surface area contributed by atoms with E-state index in [1.54, 1.807) is 13.1 Å². The number of hydrogen-bond donors (Lipinski definition) is 2. The van der Waals surface area contributed by atoms with E-state index in [4.69, 9.17) is 0 Å². The van der Waals surface area contributed by atoms with Crippen molar-refractivity contribution in [1.29, 1.82) is 0 Å². The summed E-state index contributed by atoms with van der Waals surface area (Å²) in [6.45, 7) is 6.89. The minimum absolute atomic E-state index is 0.145. The number of hydrogen-bond acceptors (Lipinski definition) is 2. The van der Waals surface area contributed by atoms with Crippen molar-refractivity contribution in [3.05, 3.63) is 35.6 Å². The van der Waals surface area contributed by atoms with Crippen molar-refractivity contribution in [1.82, 2.24) is 15.5 Å². The molecule has 0 radical (unpaired) electrons. The molecule has 0 fully saturated rings. The molecular formula is C17H29FN4. The molecule has 1 rings (SSSR count). The second-order valence-corrected chi connectivity index (χ2v) is 6.60. The fourth-order valence-corrected chi connectivity index (χ4v) is 2.47. The van der Waals surface area contributed by atoms with Crippen molar-refractivity contribution in [2.75, 3.05) is 40.8 Å². The van der Waals surface area contributed by atoms with Crippen LogP contribution in [0.3, 0.4) is 0 Å². The molecule has 1 aromatic carbocycles. The Labute approximate surface area is 133 Å². The highest BCUT2D eigenvalue weighted by atomic mass is 19.1. The van der Waals surface area contributed by atoms with Crippen LogP contribution in [0.15, 0.2) is 29.3 Å². The van der Waals surface area contributed by atoms with Crippen molar-refractivity contribution >= 4 is 5.96 Å². The molecule has 0 unspecified atom stereocenters. The predicted molar refractivity (Wildman–Crippen MR) is 91.8 cm³/mol. The topological polar surface area (TPSA) is 39.7 Å². The Morgan fingerprint density at radius 2 is 1.91 bits per heavy atom. The first-order valence-electron chi connectivity index (χ1n) is 7.67. The average Bonchev–Trinajstić information content (AvgIpc) is 2.43. The van der Waals surface area contributed by atoms with Crippen LogP contribution in [0.2, 0.25) is 0 Å². The first-order valence-corrected chi connectivity index (χ1v) is 7.67. The number of nitrogens with one attached hydrogen (secondary N) is 2. The molecule has 0 saturated carbocycles. The van der Waals surface area contributed by atoms with Crippen molar-refractivity contribution < 1.29 is 4.39 Å². The standard InChI is InChI=1S/C17H29FN4/c1-17(2,13-22(4)5)12-21-16(19-3)20-11-10-14-8-6-7-9-15(14)18/h6-9H,10-13H2,1-5H3,(H2,19,20,21). The number of halogens is 1. The van der Waals surface area contributed by atoms with E-state index in [-0.39, 0.29) is 11.2 Å². The van der Waals surface area contributed by atoms with E-state index in [1.807, 2.05) is 12.1 Å². The maximum absolute atomic E-state index is 13.5. The predicted octanol–water partition coefficient (Wildman–Crippen LogP) is 2.12. The van der Waals surface area contributed by atoms with Gasteiger partial charge in [0, 0.05) is 26.7 Å². The summed E-state index contributed by atoms with van der Waals surface area (Å²) in [6, 6.07) is 6.87. The van der Waals surface area contributed by atoms with Crippen molar-refractivity contribution in [2.45, 2.75) is 20.3 Å². The van der Waals surface area contributed by atoms with Gasteiger partial charge in [0.05, 0.1) is 0 Å². The maximum Gasteiger partial charge on any atom is 0.191 e. The van der Waals surface area contributed by atoms with Gasteiger partial charge in [-0.05, 0) is 37.6 Å². The van der Waals surface area contributed by atoms with E-state index < -0.39 is 0 Å². The van der Waals surface area contributed by atoms with Crippen molar-refractivity contribution in [2.24, 2.45) is 10.4 Å². The fraction of sp³-hybridized carbons (Fsp3) is 0.588. The molecule has 1 aromatic rings. The van der Waals surface area contributed by atoms with Crippen molar-refractivity contribution in [3.63, 3.8) is 0 Å². The second-order valence-electron chi connectivity index (χ2n) is 6.60. The van der Waals surface area contributed by atoms with E-state index in [0.29, 0.717) is 13.0 Å². The quantitative estimate of drug-likeness (QED) is 0.599. The largest absolute Gasteiger partial charge is 0.356 e. The normalized spacial score (nSPS) is 12.6. The summed E-state index contributed by atoms with van der Waals surface area (Å²) >= 11 is 0. The van der Waals surface area contributed by atoms with Crippen LogP contribution in [0.5, 0.6) is 0 Å². The van der Waals surface area contributed by atoms with Gasteiger partial charge in [-0.15, -0.1) is 0 Å². The summed E-state index contributed by atoms with van der Waals surface area (Å²) in [5.41, 5.74) is 0.866. The number of nitrogens with zero attached hydrogens (tertiary/aromatic N) is 2. The molecule has 0 aliphatic rings. The summed E-state index contributed by atoms with van der Waals surface area (Å²) in [6.07, 6.45) is 0.633. The Morgan fingerprint density at radius 1 is 1.23 bits per heavy atom. The third-order valence-corrected chi connectivity index (χ3v) is 3.35. The van der Waals surface area contributed by atoms with E-state index in [9.17, 15) is 4.39 Å². The number of benzene rings is 1. The lowest BCUT2D eigenvalue weighted by molar-refractivity contribution is 0.241. The molecule has 22 heavy (non-hydrogen) atoms. The molecule has 0 saturated heterocycles. The average molecular weight is 308 g/mol. The molecule has 0 aromatic heterocycles. The summed E-state index contributed by atoms with van der Waals surface area (Å²) in [5.74, 6) is 0.600. The highest BCUT2D eigenvalue weighted by Gasteiger charge is 2.19. The molecule has 0 bridgehead atoms. The Morgan fingerprint density at radius 3 is 2.50 bits per heavy atom. The van der Waals surface area contributed by atoms with Crippen LogP contribution in [-0.4, -0.2) is 51.6 Å². The highest BCUT2D eigenvalue weighted by molar-refractivity contribution is 5.79. The maximum atomic E-state index is 13.5. The van der Waals surface area contributed by atoms with Gasteiger partial charge in [0.2, 0.25) is 0 Å². The lowest BCUT2D eigenvalue weighted by Gasteiger charge is -2.29. The fourth-order valence-electron chi connectivity index (χ4n) is 2.47. The molecular weight excluding hydrogens is 279 g/mol. The number of guanidine groups is 1. The molecule has 0 heterocycles. The highest BCUT2D eigenvalue weighted by Crippen LogP contribution is 2.13. The lowest BCUT2D eigenvalue weighted by Crippen LogP contribution is -2.45. The summed E-state index contributed by atoms with van der Waals surface area (Å²) in [5, 5.41) is 6.56. The number of aliphatic imine (C=N–C) groups is 1. The van der Waals surface area contributed by atoms with Gasteiger partial charge in [0.15, 0.2) is 5.96 Å². The zero-order chi connectivity index (χ0) is 16.6. The zero-order valence-electron chi connectivity index (χ0n) is 14.4. The van der Waals surface area contributed by atoms with Gasteiger partial charge in [-0.1, -0.05) is 32.0 Å². The zero-order valence-corrected chi connectivity index (χ0v) is 14.4.